The second-order valence-electron chi connectivity index (χ2n) is 7.44. The van der Waals surface area contributed by atoms with Gasteiger partial charge >= 0.3 is 5.97 Å². The van der Waals surface area contributed by atoms with Gasteiger partial charge in [-0.15, -0.1) is 0 Å². The molecule has 31 heavy (non-hydrogen) atoms. The number of aromatic nitrogens is 2. The van der Waals surface area contributed by atoms with Gasteiger partial charge in [-0.1, -0.05) is 60.7 Å². The van der Waals surface area contributed by atoms with Crippen LogP contribution in [0.2, 0.25) is 0 Å². The quantitative estimate of drug-likeness (QED) is 0.352. The van der Waals surface area contributed by atoms with Gasteiger partial charge in [0.15, 0.2) is 5.82 Å². The minimum absolute atomic E-state index is 0.0681. The Morgan fingerprint density at radius 1 is 0.903 bits per heavy atom. The van der Waals surface area contributed by atoms with E-state index in [0.29, 0.717) is 17.3 Å². The summed E-state index contributed by atoms with van der Waals surface area (Å²) in [5.41, 5.74) is 3.17. The van der Waals surface area contributed by atoms with Crippen LogP contribution in [0, 0.1) is 6.92 Å². The molecule has 0 N–H and O–H groups in total. The fourth-order valence-electron chi connectivity index (χ4n) is 3.70. The maximum Gasteiger partial charge on any atom is 0.313 e. The molecular weight excluding hydrogens is 388 g/mol. The number of esters is 1. The summed E-state index contributed by atoms with van der Waals surface area (Å²) in [7, 11) is 0. The molecule has 0 aliphatic heterocycles. The number of ether oxygens (including phenoxy) is 1. The van der Waals surface area contributed by atoms with Gasteiger partial charge in [0.1, 0.15) is 24.4 Å². The Bertz CT molecular complexity index is 1390. The summed E-state index contributed by atoms with van der Waals surface area (Å²) in [6, 6.07) is 25.5. The maximum absolute atomic E-state index is 12.4. The van der Waals surface area contributed by atoms with E-state index in [2.05, 4.69) is 22.1 Å². The molecule has 5 nitrogen and oxygen atoms in total. The highest BCUT2D eigenvalue weighted by Gasteiger charge is 2.13. The molecule has 0 aliphatic carbocycles. The van der Waals surface area contributed by atoms with Gasteiger partial charge in [0.25, 0.3) is 0 Å². The fraction of sp³-hybridized carbons (Fsp3) is 0.115. The molecule has 0 spiro atoms. The van der Waals surface area contributed by atoms with Gasteiger partial charge in [0.2, 0.25) is 0 Å². The highest BCUT2D eigenvalue weighted by molar-refractivity contribution is 6.06. The van der Waals surface area contributed by atoms with Gasteiger partial charge in [0, 0.05) is 16.6 Å². The van der Waals surface area contributed by atoms with Crippen LogP contribution in [-0.2, 0) is 22.6 Å². The summed E-state index contributed by atoms with van der Waals surface area (Å²) in [5.74, 6) is 0.844. The summed E-state index contributed by atoms with van der Waals surface area (Å²) in [4.78, 5) is 21.5. The lowest BCUT2D eigenvalue weighted by Crippen LogP contribution is -2.09. The normalized spacial score (nSPS) is 11.1. The predicted octanol–water partition coefficient (Wildman–Crippen LogP) is 5.64. The molecule has 5 heteroatoms. The van der Waals surface area contributed by atoms with Crippen molar-refractivity contribution in [3.8, 4) is 11.4 Å². The molecule has 0 bridgehead atoms. The number of carbonyl (C=O) groups is 1. The van der Waals surface area contributed by atoms with Gasteiger partial charge in [-0.3, -0.25) is 4.79 Å². The van der Waals surface area contributed by atoms with E-state index < -0.39 is 0 Å². The molecule has 0 unspecified atom stereocenters. The average molecular weight is 408 g/mol. The van der Waals surface area contributed by atoms with E-state index >= 15 is 0 Å². The van der Waals surface area contributed by atoms with Crippen molar-refractivity contribution in [1.82, 2.24) is 9.97 Å². The number of aryl methyl sites for hydroxylation is 1. The Kier molecular flexibility index (Phi) is 4.92. The van der Waals surface area contributed by atoms with Crippen LogP contribution in [0.5, 0.6) is 0 Å². The monoisotopic (exact) mass is 408 g/mol. The fourth-order valence-corrected chi connectivity index (χ4v) is 3.70. The van der Waals surface area contributed by atoms with E-state index in [1.54, 1.807) is 0 Å². The molecule has 0 saturated carbocycles. The lowest BCUT2D eigenvalue weighted by molar-refractivity contribution is -0.144. The Labute approximate surface area is 179 Å². The first kappa shape index (κ1) is 19.0. The second-order valence-corrected chi connectivity index (χ2v) is 7.44. The van der Waals surface area contributed by atoms with Crippen molar-refractivity contribution in [2.45, 2.75) is 20.0 Å². The molecule has 5 rings (SSSR count). The molecule has 0 atom stereocenters. The molecule has 0 radical (unpaired) electrons. The summed E-state index contributed by atoms with van der Waals surface area (Å²) in [5, 5.41) is 3.24. The van der Waals surface area contributed by atoms with Crippen LogP contribution >= 0.6 is 0 Å². The number of nitrogens with zero attached hydrogens (tertiary/aromatic N) is 2. The Hall–Kier alpha value is -3.99. The molecule has 5 aromatic rings. The summed E-state index contributed by atoms with van der Waals surface area (Å²) in [6.07, 6.45) is 0.0681. The first-order chi connectivity index (χ1) is 15.2. The van der Waals surface area contributed by atoms with Crippen LogP contribution in [0.1, 0.15) is 17.1 Å². The Balaban J connectivity index is 1.30. The van der Waals surface area contributed by atoms with Crippen LogP contribution in [-0.4, -0.2) is 15.9 Å². The Morgan fingerprint density at radius 2 is 1.71 bits per heavy atom. The predicted molar refractivity (Wildman–Crippen MR) is 119 cm³/mol. The third-order valence-electron chi connectivity index (χ3n) is 5.12. The molecule has 0 aliphatic rings. The van der Waals surface area contributed by atoms with Gasteiger partial charge in [-0.2, -0.15) is 0 Å². The minimum Gasteiger partial charge on any atom is -0.460 e. The number of benzene rings is 3. The van der Waals surface area contributed by atoms with E-state index in [9.17, 15) is 4.79 Å². The minimum atomic E-state index is -0.360. The van der Waals surface area contributed by atoms with Crippen molar-refractivity contribution >= 4 is 27.7 Å². The molecule has 2 aromatic heterocycles. The average Bonchev–Trinajstić information content (AvgIpc) is 3.21. The lowest BCUT2D eigenvalue weighted by atomic mass is 10.1. The Morgan fingerprint density at radius 3 is 2.58 bits per heavy atom. The first-order valence-electron chi connectivity index (χ1n) is 10.1. The third kappa shape index (κ3) is 4.03. The van der Waals surface area contributed by atoms with Gasteiger partial charge in [-0.05, 0) is 35.9 Å². The highest BCUT2D eigenvalue weighted by Crippen LogP contribution is 2.28. The summed E-state index contributed by atoms with van der Waals surface area (Å²) >= 11 is 0. The van der Waals surface area contributed by atoms with E-state index in [1.165, 1.54) is 0 Å². The number of hydrogen-bond donors (Lipinski definition) is 0. The first-order valence-corrected chi connectivity index (χ1v) is 10.1. The number of hydrogen-bond acceptors (Lipinski definition) is 5. The van der Waals surface area contributed by atoms with Gasteiger partial charge < -0.3 is 9.15 Å². The van der Waals surface area contributed by atoms with Crippen LogP contribution < -0.4 is 0 Å². The van der Waals surface area contributed by atoms with Gasteiger partial charge in [0.05, 0.1) is 5.69 Å². The molecule has 2 heterocycles. The standard InChI is InChI=1S/C26H20N2O3/c1-17-13-20(28-26(27-17)19-8-3-2-4-9-19)16-30-25(29)15-21-14-23-22-10-6-5-7-18(22)11-12-24(23)31-21/h2-14H,15-16H2,1H3. The lowest BCUT2D eigenvalue weighted by Gasteiger charge is -2.07. The van der Waals surface area contributed by atoms with E-state index in [0.717, 1.165) is 33.0 Å². The number of rotatable bonds is 5. The van der Waals surface area contributed by atoms with Crippen LogP contribution in [0.4, 0.5) is 0 Å². The van der Waals surface area contributed by atoms with Gasteiger partial charge in [-0.25, -0.2) is 9.97 Å². The van der Waals surface area contributed by atoms with Crippen molar-refractivity contribution in [3.05, 3.63) is 96.0 Å². The maximum atomic E-state index is 12.4. The largest absolute Gasteiger partial charge is 0.460 e. The van der Waals surface area contributed by atoms with Crippen molar-refractivity contribution in [3.63, 3.8) is 0 Å². The molecule has 152 valence electrons. The van der Waals surface area contributed by atoms with Crippen molar-refractivity contribution in [2.75, 3.05) is 0 Å². The van der Waals surface area contributed by atoms with E-state index in [4.69, 9.17) is 9.15 Å². The zero-order valence-electron chi connectivity index (χ0n) is 17.0. The van der Waals surface area contributed by atoms with E-state index in [1.807, 2.05) is 73.7 Å². The highest BCUT2D eigenvalue weighted by atomic mass is 16.5. The smallest absolute Gasteiger partial charge is 0.313 e. The molecule has 3 aromatic carbocycles. The zero-order valence-corrected chi connectivity index (χ0v) is 17.0. The molecular formula is C26H20N2O3. The number of carbonyl (C=O) groups excluding carboxylic acids is 1. The van der Waals surface area contributed by atoms with Crippen LogP contribution in [0.3, 0.4) is 0 Å². The van der Waals surface area contributed by atoms with Crippen LogP contribution in [0.25, 0.3) is 33.1 Å². The van der Waals surface area contributed by atoms with Crippen LogP contribution in [0.15, 0.2) is 83.3 Å². The summed E-state index contributed by atoms with van der Waals surface area (Å²) < 4.78 is 11.3. The second kappa shape index (κ2) is 8.03. The third-order valence-corrected chi connectivity index (χ3v) is 5.12. The topological polar surface area (TPSA) is 65.2 Å². The molecule has 0 fully saturated rings. The zero-order chi connectivity index (χ0) is 21.2. The van der Waals surface area contributed by atoms with Crippen molar-refractivity contribution < 1.29 is 13.9 Å². The van der Waals surface area contributed by atoms with Crippen molar-refractivity contribution in [2.24, 2.45) is 0 Å². The number of furan rings is 1. The molecule has 0 amide bonds. The van der Waals surface area contributed by atoms with Crippen molar-refractivity contribution in [1.29, 1.82) is 0 Å². The summed E-state index contributed by atoms with van der Waals surface area (Å²) in [6.45, 7) is 1.99. The SMILES string of the molecule is Cc1cc(COC(=O)Cc2cc3c(ccc4ccccc43)o2)nc(-c2ccccc2)n1. The number of fused-ring (bicyclic) bond motifs is 3. The van der Waals surface area contributed by atoms with E-state index in [-0.39, 0.29) is 19.0 Å². The molecule has 0 saturated heterocycles.